The molecule has 1 aromatic rings. The molecule has 3 N–H and O–H groups in total. The zero-order valence-electron chi connectivity index (χ0n) is 11.8. The van der Waals surface area contributed by atoms with E-state index in [2.05, 4.69) is 26.6 Å². The van der Waals surface area contributed by atoms with Gasteiger partial charge in [-0.25, -0.2) is 4.79 Å². The van der Waals surface area contributed by atoms with Gasteiger partial charge in [-0.3, -0.25) is 0 Å². The number of benzene rings is 1. The van der Waals surface area contributed by atoms with Crippen LogP contribution in [-0.2, 0) is 6.54 Å². The standard InChI is InChI=1S/C14H21BrN2O3/c1-10(5-6-18)8-16-14(19)17-9-11-7-12(15)3-4-13(11)20-2/h3-4,7,10,18H,5-6,8-9H2,1-2H3,(H2,16,17,19). The summed E-state index contributed by atoms with van der Waals surface area (Å²) in [6.07, 6.45) is 0.680. The molecule has 1 aromatic carbocycles. The van der Waals surface area contributed by atoms with Gasteiger partial charge in [0.15, 0.2) is 0 Å². The van der Waals surface area contributed by atoms with Crippen LogP contribution in [0.2, 0.25) is 0 Å². The number of hydrogen-bond donors (Lipinski definition) is 3. The van der Waals surface area contributed by atoms with Crippen molar-refractivity contribution in [2.24, 2.45) is 5.92 Å². The number of carbonyl (C=O) groups is 1. The largest absolute Gasteiger partial charge is 0.496 e. The summed E-state index contributed by atoms with van der Waals surface area (Å²) in [7, 11) is 1.60. The monoisotopic (exact) mass is 344 g/mol. The molecular weight excluding hydrogens is 324 g/mol. The van der Waals surface area contributed by atoms with Crippen LogP contribution in [0.3, 0.4) is 0 Å². The molecule has 0 aliphatic heterocycles. The SMILES string of the molecule is COc1ccc(Br)cc1CNC(=O)NCC(C)CCO. The lowest BCUT2D eigenvalue weighted by Gasteiger charge is -2.13. The van der Waals surface area contributed by atoms with E-state index in [0.29, 0.717) is 19.5 Å². The van der Waals surface area contributed by atoms with Gasteiger partial charge in [-0.15, -0.1) is 0 Å². The van der Waals surface area contributed by atoms with E-state index in [9.17, 15) is 4.79 Å². The van der Waals surface area contributed by atoms with Crippen molar-refractivity contribution in [2.75, 3.05) is 20.3 Å². The number of amides is 2. The Balaban J connectivity index is 2.43. The summed E-state index contributed by atoms with van der Waals surface area (Å²) in [6.45, 7) is 3.05. The van der Waals surface area contributed by atoms with Crippen molar-refractivity contribution in [3.05, 3.63) is 28.2 Å². The number of halogens is 1. The number of methoxy groups -OCH3 is 1. The number of urea groups is 1. The van der Waals surface area contributed by atoms with Crippen LogP contribution in [0.5, 0.6) is 5.75 Å². The maximum atomic E-state index is 11.7. The Labute approximate surface area is 127 Å². The van der Waals surface area contributed by atoms with Gasteiger partial charge in [0.2, 0.25) is 0 Å². The Morgan fingerprint density at radius 3 is 2.85 bits per heavy atom. The van der Waals surface area contributed by atoms with Crippen LogP contribution < -0.4 is 15.4 Å². The Hall–Kier alpha value is -1.27. The van der Waals surface area contributed by atoms with Gasteiger partial charge in [0.1, 0.15) is 5.75 Å². The van der Waals surface area contributed by atoms with Crippen molar-refractivity contribution in [1.82, 2.24) is 10.6 Å². The predicted molar refractivity (Wildman–Crippen MR) is 81.8 cm³/mol. The van der Waals surface area contributed by atoms with Crippen molar-refractivity contribution in [3.63, 3.8) is 0 Å². The van der Waals surface area contributed by atoms with Crippen LogP contribution in [-0.4, -0.2) is 31.4 Å². The van der Waals surface area contributed by atoms with Gasteiger partial charge in [-0.05, 0) is 30.5 Å². The Kier molecular flexibility index (Phi) is 7.40. The molecule has 1 unspecified atom stereocenters. The fraction of sp³-hybridized carbons (Fsp3) is 0.500. The lowest BCUT2D eigenvalue weighted by molar-refractivity contribution is 0.233. The smallest absolute Gasteiger partial charge is 0.315 e. The van der Waals surface area contributed by atoms with Crippen molar-refractivity contribution in [1.29, 1.82) is 0 Å². The molecule has 5 nitrogen and oxygen atoms in total. The highest BCUT2D eigenvalue weighted by Gasteiger charge is 2.07. The molecule has 0 heterocycles. The molecule has 0 aliphatic rings. The molecule has 0 saturated carbocycles. The third-order valence-corrected chi connectivity index (χ3v) is 3.41. The number of aliphatic hydroxyl groups is 1. The van der Waals surface area contributed by atoms with Crippen molar-refractivity contribution < 1.29 is 14.6 Å². The van der Waals surface area contributed by atoms with Crippen LogP contribution in [0.1, 0.15) is 18.9 Å². The highest BCUT2D eigenvalue weighted by molar-refractivity contribution is 9.10. The van der Waals surface area contributed by atoms with Crippen molar-refractivity contribution >= 4 is 22.0 Å². The first-order chi connectivity index (χ1) is 9.56. The van der Waals surface area contributed by atoms with E-state index in [1.807, 2.05) is 25.1 Å². The molecule has 0 fully saturated rings. The minimum atomic E-state index is -0.225. The summed E-state index contributed by atoms with van der Waals surface area (Å²) in [4.78, 5) is 11.7. The highest BCUT2D eigenvalue weighted by atomic mass is 79.9. The maximum Gasteiger partial charge on any atom is 0.315 e. The minimum absolute atomic E-state index is 0.139. The quantitative estimate of drug-likeness (QED) is 0.710. The lowest BCUT2D eigenvalue weighted by atomic mass is 10.1. The molecule has 0 aromatic heterocycles. The van der Waals surface area contributed by atoms with E-state index in [-0.39, 0.29) is 18.6 Å². The summed E-state index contributed by atoms with van der Waals surface area (Å²) in [6, 6.07) is 5.42. The number of carbonyl (C=O) groups excluding carboxylic acids is 1. The van der Waals surface area contributed by atoms with Gasteiger partial charge < -0.3 is 20.5 Å². The second kappa shape index (κ2) is 8.81. The first-order valence-corrected chi connectivity index (χ1v) is 7.31. The average Bonchev–Trinajstić information content (AvgIpc) is 2.43. The van der Waals surface area contributed by atoms with E-state index in [0.717, 1.165) is 15.8 Å². The zero-order valence-corrected chi connectivity index (χ0v) is 13.4. The fourth-order valence-electron chi connectivity index (χ4n) is 1.71. The molecule has 112 valence electrons. The summed E-state index contributed by atoms with van der Waals surface area (Å²) in [5.41, 5.74) is 0.903. The molecule has 0 aliphatic carbocycles. The van der Waals surface area contributed by atoms with Gasteiger partial charge in [0.05, 0.1) is 7.11 Å². The second-order valence-electron chi connectivity index (χ2n) is 4.64. The van der Waals surface area contributed by atoms with Crippen LogP contribution in [0, 0.1) is 5.92 Å². The van der Waals surface area contributed by atoms with Gasteiger partial charge in [0, 0.05) is 29.7 Å². The number of hydrogen-bond acceptors (Lipinski definition) is 3. The molecule has 2 amide bonds. The van der Waals surface area contributed by atoms with Crippen LogP contribution in [0.25, 0.3) is 0 Å². The molecule has 6 heteroatoms. The normalized spacial score (nSPS) is 11.8. The van der Waals surface area contributed by atoms with E-state index < -0.39 is 0 Å². The van der Waals surface area contributed by atoms with Crippen molar-refractivity contribution in [2.45, 2.75) is 19.9 Å². The summed E-state index contributed by atoms with van der Waals surface area (Å²) in [5.74, 6) is 0.994. The van der Waals surface area contributed by atoms with Crippen LogP contribution >= 0.6 is 15.9 Å². The molecule has 0 spiro atoms. The Morgan fingerprint density at radius 2 is 2.20 bits per heavy atom. The summed E-state index contributed by atoms with van der Waals surface area (Å²) >= 11 is 3.39. The minimum Gasteiger partial charge on any atom is -0.496 e. The fourth-order valence-corrected chi connectivity index (χ4v) is 2.12. The third-order valence-electron chi connectivity index (χ3n) is 2.91. The van der Waals surface area contributed by atoms with E-state index in [4.69, 9.17) is 9.84 Å². The number of nitrogens with one attached hydrogen (secondary N) is 2. The third kappa shape index (κ3) is 5.79. The lowest BCUT2D eigenvalue weighted by Crippen LogP contribution is -2.37. The predicted octanol–water partition coefficient (Wildman–Crippen LogP) is 2.28. The maximum absolute atomic E-state index is 11.7. The molecule has 0 radical (unpaired) electrons. The highest BCUT2D eigenvalue weighted by Crippen LogP contribution is 2.22. The van der Waals surface area contributed by atoms with E-state index >= 15 is 0 Å². The van der Waals surface area contributed by atoms with E-state index in [1.54, 1.807) is 7.11 Å². The van der Waals surface area contributed by atoms with Crippen LogP contribution in [0.15, 0.2) is 22.7 Å². The second-order valence-corrected chi connectivity index (χ2v) is 5.55. The van der Waals surface area contributed by atoms with Gasteiger partial charge in [-0.1, -0.05) is 22.9 Å². The molecule has 0 bridgehead atoms. The first-order valence-electron chi connectivity index (χ1n) is 6.51. The van der Waals surface area contributed by atoms with Gasteiger partial charge in [-0.2, -0.15) is 0 Å². The number of ether oxygens (including phenoxy) is 1. The Bertz CT molecular complexity index is 440. The van der Waals surface area contributed by atoms with E-state index in [1.165, 1.54) is 0 Å². The van der Waals surface area contributed by atoms with Crippen molar-refractivity contribution in [3.8, 4) is 5.75 Å². The average molecular weight is 345 g/mol. The van der Waals surface area contributed by atoms with Gasteiger partial charge >= 0.3 is 6.03 Å². The molecular formula is C14H21BrN2O3. The molecule has 20 heavy (non-hydrogen) atoms. The summed E-state index contributed by atoms with van der Waals surface area (Å²) in [5, 5.41) is 14.4. The van der Waals surface area contributed by atoms with Crippen LogP contribution in [0.4, 0.5) is 4.79 Å². The molecule has 0 saturated heterocycles. The summed E-state index contributed by atoms with van der Waals surface area (Å²) < 4.78 is 6.18. The Morgan fingerprint density at radius 1 is 1.45 bits per heavy atom. The topological polar surface area (TPSA) is 70.6 Å². The zero-order chi connectivity index (χ0) is 15.0. The first kappa shape index (κ1) is 16.8. The van der Waals surface area contributed by atoms with Gasteiger partial charge in [0.25, 0.3) is 0 Å². The molecule has 1 rings (SSSR count). The molecule has 1 atom stereocenters. The number of aliphatic hydroxyl groups excluding tert-OH is 1. The number of rotatable bonds is 7.